The van der Waals surface area contributed by atoms with E-state index in [1.54, 1.807) is 4.90 Å². The number of hydrogen-bond donors (Lipinski definition) is 2. The number of pyridine rings is 1. The summed E-state index contributed by atoms with van der Waals surface area (Å²) < 4.78 is 0. The summed E-state index contributed by atoms with van der Waals surface area (Å²) in [5.74, 6) is -0.453. The van der Waals surface area contributed by atoms with Crippen molar-refractivity contribution in [2.75, 3.05) is 18.8 Å². The summed E-state index contributed by atoms with van der Waals surface area (Å²) in [7, 11) is 0. The number of primary amides is 1. The van der Waals surface area contributed by atoms with Crippen molar-refractivity contribution in [1.29, 1.82) is 0 Å². The molecule has 7 heteroatoms. The quantitative estimate of drug-likeness (QED) is 0.828. The number of aryl methyl sites for hydroxylation is 2. The van der Waals surface area contributed by atoms with E-state index in [-0.39, 0.29) is 17.7 Å². The third kappa shape index (κ3) is 3.52. The molecule has 2 amide bonds. The molecule has 1 saturated heterocycles. The lowest BCUT2D eigenvalue weighted by Crippen LogP contribution is -2.41. The molecule has 0 atom stereocenters. The molecule has 6 nitrogen and oxygen atoms in total. The minimum atomic E-state index is -0.273. The first-order chi connectivity index (χ1) is 13.0. The third-order valence-electron chi connectivity index (χ3n) is 5.88. The summed E-state index contributed by atoms with van der Waals surface area (Å²) in [5.41, 5.74) is 14.8. The van der Waals surface area contributed by atoms with Gasteiger partial charge in [-0.15, -0.1) is 11.3 Å². The molecule has 4 rings (SSSR count). The monoisotopic (exact) mass is 386 g/mol. The maximum atomic E-state index is 13.0. The Bertz CT molecular complexity index is 884. The smallest absolute Gasteiger partial charge is 0.266 e. The van der Waals surface area contributed by atoms with Crippen LogP contribution < -0.4 is 11.5 Å². The maximum absolute atomic E-state index is 13.0. The normalized spacial score (nSPS) is 18.7. The average molecular weight is 387 g/mol. The van der Waals surface area contributed by atoms with Crippen LogP contribution in [0.1, 0.15) is 59.5 Å². The summed E-state index contributed by atoms with van der Waals surface area (Å²) >= 11 is 1.40. The fourth-order valence-electron chi connectivity index (χ4n) is 4.18. The molecule has 1 aliphatic carbocycles. The topological polar surface area (TPSA) is 102 Å². The van der Waals surface area contributed by atoms with Gasteiger partial charge in [0, 0.05) is 30.1 Å². The molecular formula is C20H26N4O2S. The maximum Gasteiger partial charge on any atom is 0.266 e. The first-order valence-electron chi connectivity index (χ1n) is 9.84. The summed E-state index contributed by atoms with van der Waals surface area (Å²) in [5, 5.41) is 0.912. The number of nitrogens with two attached hydrogens (primary N) is 2. The number of hydrogen-bond acceptors (Lipinski definition) is 5. The number of aromatic nitrogens is 1. The van der Waals surface area contributed by atoms with E-state index < -0.39 is 0 Å². The van der Waals surface area contributed by atoms with Gasteiger partial charge in [0.05, 0.1) is 5.69 Å². The second-order valence-corrected chi connectivity index (χ2v) is 8.67. The zero-order chi connectivity index (χ0) is 19.0. The fourth-order valence-corrected chi connectivity index (χ4v) is 5.25. The molecule has 0 saturated carbocycles. The van der Waals surface area contributed by atoms with E-state index >= 15 is 0 Å². The van der Waals surface area contributed by atoms with Crippen LogP contribution in [0.2, 0.25) is 0 Å². The molecule has 27 heavy (non-hydrogen) atoms. The number of rotatable bonds is 2. The van der Waals surface area contributed by atoms with Crippen LogP contribution in [-0.2, 0) is 17.6 Å². The highest BCUT2D eigenvalue weighted by atomic mass is 32.1. The number of fused-ring (bicyclic) bond motifs is 2. The van der Waals surface area contributed by atoms with Crippen LogP contribution in [0.15, 0.2) is 6.07 Å². The Morgan fingerprint density at radius 3 is 2.52 bits per heavy atom. The molecule has 2 aliphatic rings. The molecule has 0 radical (unpaired) electrons. The van der Waals surface area contributed by atoms with E-state index in [2.05, 4.69) is 6.07 Å². The lowest BCUT2D eigenvalue weighted by atomic mass is 9.96. The van der Waals surface area contributed by atoms with E-state index in [0.29, 0.717) is 36.5 Å². The number of amides is 2. The molecule has 2 aromatic rings. The van der Waals surface area contributed by atoms with E-state index in [9.17, 15) is 9.59 Å². The molecule has 144 valence electrons. The van der Waals surface area contributed by atoms with Crippen LogP contribution in [0.4, 0.5) is 5.69 Å². The molecule has 4 N–H and O–H groups in total. The Hall–Kier alpha value is -2.15. The molecule has 1 fully saturated rings. The lowest BCUT2D eigenvalue weighted by molar-refractivity contribution is -0.123. The van der Waals surface area contributed by atoms with E-state index in [1.807, 2.05) is 0 Å². The van der Waals surface area contributed by atoms with Crippen LogP contribution in [0, 0.1) is 5.92 Å². The van der Waals surface area contributed by atoms with Gasteiger partial charge in [-0.2, -0.15) is 0 Å². The Morgan fingerprint density at radius 1 is 1.11 bits per heavy atom. The number of likely N-dealkylation sites (tertiary alicyclic amines) is 1. The minimum Gasteiger partial charge on any atom is -0.397 e. The van der Waals surface area contributed by atoms with Crippen molar-refractivity contribution in [2.45, 2.75) is 51.4 Å². The SMILES string of the molecule is NC(=O)C1CCN(C(=O)c2sc3nc4c(cc3c2N)CCCCCC4)CC1. The van der Waals surface area contributed by atoms with Crippen molar-refractivity contribution >= 4 is 39.1 Å². The average Bonchev–Trinajstić information content (AvgIpc) is 2.97. The fraction of sp³-hybridized carbons (Fsp3) is 0.550. The van der Waals surface area contributed by atoms with Crippen LogP contribution in [0.25, 0.3) is 10.2 Å². The lowest BCUT2D eigenvalue weighted by Gasteiger charge is -2.30. The van der Waals surface area contributed by atoms with Gasteiger partial charge in [0.15, 0.2) is 0 Å². The number of carbonyl (C=O) groups is 2. The second-order valence-electron chi connectivity index (χ2n) is 7.67. The van der Waals surface area contributed by atoms with Crippen molar-refractivity contribution < 1.29 is 9.59 Å². The van der Waals surface area contributed by atoms with E-state index in [0.717, 1.165) is 23.1 Å². The number of piperidine rings is 1. The number of nitrogen functional groups attached to an aromatic ring is 1. The minimum absolute atomic E-state index is 0.0502. The largest absolute Gasteiger partial charge is 0.397 e. The number of anilines is 1. The Kier molecular flexibility index (Phi) is 5.04. The van der Waals surface area contributed by atoms with Crippen molar-refractivity contribution in [2.24, 2.45) is 11.7 Å². The first-order valence-corrected chi connectivity index (χ1v) is 10.7. The van der Waals surface area contributed by atoms with Crippen LogP contribution in [0.3, 0.4) is 0 Å². The highest BCUT2D eigenvalue weighted by molar-refractivity contribution is 7.21. The molecule has 0 aromatic carbocycles. The molecule has 0 bridgehead atoms. The van der Waals surface area contributed by atoms with Gasteiger partial charge in [-0.3, -0.25) is 9.59 Å². The summed E-state index contributed by atoms with van der Waals surface area (Å²) in [6.07, 6.45) is 8.18. The first kappa shape index (κ1) is 18.2. The van der Waals surface area contributed by atoms with Gasteiger partial charge >= 0.3 is 0 Å². The third-order valence-corrected chi connectivity index (χ3v) is 6.98. The van der Waals surface area contributed by atoms with Crippen LogP contribution in [0.5, 0.6) is 0 Å². The highest BCUT2D eigenvalue weighted by Gasteiger charge is 2.29. The van der Waals surface area contributed by atoms with Gasteiger partial charge in [-0.05, 0) is 50.2 Å². The van der Waals surface area contributed by atoms with Crippen molar-refractivity contribution in [3.05, 3.63) is 22.2 Å². The molecular weight excluding hydrogens is 360 g/mol. The summed E-state index contributed by atoms with van der Waals surface area (Å²) in [6, 6.07) is 2.16. The van der Waals surface area contributed by atoms with Crippen molar-refractivity contribution in [3.63, 3.8) is 0 Å². The Labute approximate surface area is 162 Å². The molecule has 3 heterocycles. The van der Waals surface area contributed by atoms with Gasteiger partial charge in [0.25, 0.3) is 5.91 Å². The van der Waals surface area contributed by atoms with E-state index in [1.165, 1.54) is 48.3 Å². The van der Waals surface area contributed by atoms with Crippen molar-refractivity contribution in [3.8, 4) is 0 Å². The summed E-state index contributed by atoms with van der Waals surface area (Å²) in [6.45, 7) is 1.09. The number of nitrogens with zero attached hydrogens (tertiary/aromatic N) is 2. The molecule has 0 spiro atoms. The predicted molar refractivity (Wildman–Crippen MR) is 108 cm³/mol. The predicted octanol–water partition coefficient (Wildman–Crippen LogP) is 2.88. The molecule has 2 aromatic heterocycles. The van der Waals surface area contributed by atoms with Gasteiger partial charge in [-0.25, -0.2) is 4.98 Å². The number of thiophene rings is 1. The zero-order valence-corrected chi connectivity index (χ0v) is 16.3. The second kappa shape index (κ2) is 7.46. The zero-order valence-electron chi connectivity index (χ0n) is 15.5. The van der Waals surface area contributed by atoms with Crippen LogP contribution >= 0.6 is 11.3 Å². The van der Waals surface area contributed by atoms with E-state index in [4.69, 9.17) is 16.5 Å². The standard InChI is InChI=1S/C20H26N4O2S/c21-16-14-11-13-5-3-1-2-4-6-15(13)23-19(14)27-17(16)20(26)24-9-7-12(8-10-24)18(22)25/h11-12H,1-10,21H2,(H2,22,25). The summed E-state index contributed by atoms with van der Waals surface area (Å²) in [4.78, 5) is 32.4. The number of carbonyl (C=O) groups excluding carboxylic acids is 2. The van der Waals surface area contributed by atoms with Gasteiger partial charge < -0.3 is 16.4 Å². The Morgan fingerprint density at radius 2 is 1.81 bits per heavy atom. The van der Waals surface area contributed by atoms with Gasteiger partial charge in [0.1, 0.15) is 9.71 Å². The molecule has 1 aliphatic heterocycles. The van der Waals surface area contributed by atoms with Crippen molar-refractivity contribution in [1.82, 2.24) is 9.88 Å². The Balaban J connectivity index is 1.61. The highest BCUT2D eigenvalue weighted by Crippen LogP contribution is 2.36. The molecule has 0 unspecified atom stereocenters. The van der Waals surface area contributed by atoms with Gasteiger partial charge in [-0.1, -0.05) is 12.8 Å². The van der Waals surface area contributed by atoms with Gasteiger partial charge in [0.2, 0.25) is 5.91 Å². The van der Waals surface area contributed by atoms with Crippen LogP contribution in [-0.4, -0.2) is 34.8 Å².